The average Bonchev–Trinajstić information content (AvgIpc) is 2.95. The van der Waals surface area contributed by atoms with E-state index in [-0.39, 0.29) is 0 Å². The van der Waals surface area contributed by atoms with E-state index in [9.17, 15) is 0 Å². The summed E-state index contributed by atoms with van der Waals surface area (Å²) in [7, 11) is 0. The number of hydrogen-bond donors (Lipinski definition) is 0. The van der Waals surface area contributed by atoms with E-state index < -0.39 is 0 Å². The van der Waals surface area contributed by atoms with Crippen LogP contribution in [0.1, 0.15) is 232 Å². The second-order valence-electron chi connectivity index (χ2n) is 12.9. The molecule has 0 rings (SSSR count). The molecule has 0 aromatic rings. The first-order valence-corrected chi connectivity index (χ1v) is 19.0. The predicted molar refractivity (Wildman–Crippen MR) is 179 cm³/mol. The molecule has 0 spiro atoms. The Balaban J connectivity index is 3.01. The summed E-state index contributed by atoms with van der Waals surface area (Å²) in [6.07, 6.45) is 49.0. The molecule has 0 saturated heterocycles. The lowest BCUT2D eigenvalue weighted by molar-refractivity contribution is 0.125. The van der Waals surface area contributed by atoms with E-state index in [1.54, 1.807) is 0 Å². The molecule has 0 N–H and O–H groups in total. The van der Waals surface area contributed by atoms with E-state index in [1.165, 1.54) is 218 Å². The van der Waals surface area contributed by atoms with Gasteiger partial charge in [-0.1, -0.05) is 219 Å². The summed E-state index contributed by atoms with van der Waals surface area (Å²) >= 11 is 0. The van der Waals surface area contributed by atoms with Crippen molar-refractivity contribution in [3.8, 4) is 0 Å². The van der Waals surface area contributed by atoms with Crippen molar-refractivity contribution in [3.05, 3.63) is 0 Å². The van der Waals surface area contributed by atoms with Crippen LogP contribution < -0.4 is 0 Å². The summed E-state index contributed by atoms with van der Waals surface area (Å²) in [5, 5.41) is 0. The van der Waals surface area contributed by atoms with Crippen molar-refractivity contribution < 1.29 is 4.74 Å². The lowest BCUT2D eigenvalue weighted by atomic mass is 10.0. The van der Waals surface area contributed by atoms with Crippen molar-refractivity contribution >= 4 is 0 Å². The van der Waals surface area contributed by atoms with Gasteiger partial charge < -0.3 is 4.74 Å². The smallest absolute Gasteiger partial charge is 0.0466 e. The molecule has 0 radical (unpaired) electrons. The van der Waals surface area contributed by atoms with Crippen LogP contribution in [-0.4, -0.2) is 13.2 Å². The maximum absolute atomic E-state index is 5.88. The first kappa shape index (κ1) is 39.0. The molecular weight excluding hydrogens is 472 g/mol. The molecule has 0 aromatic carbocycles. The van der Waals surface area contributed by atoms with Crippen LogP contribution in [-0.2, 0) is 4.74 Å². The van der Waals surface area contributed by atoms with Crippen LogP contribution in [0, 0.1) is 0 Å². The van der Waals surface area contributed by atoms with E-state index in [1.807, 2.05) is 0 Å². The van der Waals surface area contributed by atoms with Gasteiger partial charge in [0.2, 0.25) is 0 Å². The Kier molecular flexibility index (Phi) is 37.9. The first-order valence-electron chi connectivity index (χ1n) is 19.0. The number of unbranched alkanes of at least 4 members (excludes halogenated alkanes) is 32. The van der Waals surface area contributed by atoms with Gasteiger partial charge in [0.05, 0.1) is 0 Å². The van der Waals surface area contributed by atoms with Crippen LogP contribution in [0.4, 0.5) is 0 Å². The zero-order valence-electron chi connectivity index (χ0n) is 27.9. The van der Waals surface area contributed by atoms with Gasteiger partial charge in [-0.3, -0.25) is 0 Å². The normalized spacial score (nSPS) is 11.5. The Hall–Kier alpha value is -0.0400. The Bertz CT molecular complexity index is 356. The molecule has 0 saturated carbocycles. The summed E-state index contributed by atoms with van der Waals surface area (Å²) in [5.41, 5.74) is 0. The molecule has 0 amide bonds. The van der Waals surface area contributed by atoms with Gasteiger partial charge in [-0.05, 0) is 12.8 Å². The molecule has 1 nitrogen and oxygen atoms in total. The second-order valence-corrected chi connectivity index (χ2v) is 12.9. The van der Waals surface area contributed by atoms with Crippen molar-refractivity contribution in [1.29, 1.82) is 0 Å². The Morgan fingerprint density at radius 3 is 0.538 bits per heavy atom. The summed E-state index contributed by atoms with van der Waals surface area (Å²) < 4.78 is 5.88. The molecule has 236 valence electrons. The molecule has 0 aliphatic rings. The highest BCUT2D eigenvalue weighted by Crippen LogP contribution is 2.15. The summed E-state index contributed by atoms with van der Waals surface area (Å²) in [5.74, 6) is 0. The summed E-state index contributed by atoms with van der Waals surface area (Å²) in [4.78, 5) is 0. The van der Waals surface area contributed by atoms with Gasteiger partial charge in [0.25, 0.3) is 0 Å². The third-order valence-electron chi connectivity index (χ3n) is 8.78. The lowest BCUT2D eigenvalue weighted by Gasteiger charge is -2.06. The molecule has 0 bridgehead atoms. The molecule has 0 atom stereocenters. The van der Waals surface area contributed by atoms with Gasteiger partial charge in [0, 0.05) is 13.2 Å². The highest BCUT2D eigenvalue weighted by atomic mass is 16.5. The van der Waals surface area contributed by atoms with Crippen molar-refractivity contribution in [2.75, 3.05) is 13.2 Å². The fourth-order valence-corrected chi connectivity index (χ4v) is 5.96. The summed E-state index contributed by atoms with van der Waals surface area (Å²) in [6.45, 7) is 6.60. The quantitative estimate of drug-likeness (QED) is 0.0705. The van der Waals surface area contributed by atoms with E-state index in [0.717, 1.165) is 13.2 Å². The molecule has 0 heterocycles. The Morgan fingerprint density at radius 2 is 0.359 bits per heavy atom. The van der Waals surface area contributed by atoms with E-state index in [0.29, 0.717) is 0 Å². The van der Waals surface area contributed by atoms with Gasteiger partial charge in [0.15, 0.2) is 0 Å². The van der Waals surface area contributed by atoms with Crippen LogP contribution in [0.5, 0.6) is 0 Å². The third-order valence-corrected chi connectivity index (χ3v) is 8.78. The van der Waals surface area contributed by atoms with Crippen molar-refractivity contribution in [2.24, 2.45) is 0 Å². The lowest BCUT2D eigenvalue weighted by Crippen LogP contribution is -1.97. The van der Waals surface area contributed by atoms with Crippen LogP contribution in [0.25, 0.3) is 0 Å². The van der Waals surface area contributed by atoms with Crippen LogP contribution >= 0.6 is 0 Å². The minimum atomic E-state index is 0.997. The number of ether oxygens (including phenoxy) is 1. The topological polar surface area (TPSA) is 9.23 Å². The second kappa shape index (κ2) is 38.0. The molecule has 39 heavy (non-hydrogen) atoms. The van der Waals surface area contributed by atoms with Gasteiger partial charge in [-0.25, -0.2) is 0 Å². The van der Waals surface area contributed by atoms with Crippen LogP contribution in [0.2, 0.25) is 0 Å². The van der Waals surface area contributed by atoms with Crippen LogP contribution in [0.15, 0.2) is 0 Å². The Labute approximate surface area is 249 Å². The predicted octanol–water partition coefficient (Wildman–Crippen LogP) is 14.3. The van der Waals surface area contributed by atoms with E-state index >= 15 is 0 Å². The maximum Gasteiger partial charge on any atom is 0.0466 e. The molecule has 0 aliphatic carbocycles. The maximum atomic E-state index is 5.88. The molecule has 0 fully saturated rings. The fourth-order valence-electron chi connectivity index (χ4n) is 5.96. The summed E-state index contributed by atoms with van der Waals surface area (Å²) in [6, 6.07) is 0. The fraction of sp³-hybridized carbons (Fsp3) is 1.00. The molecular formula is C38H78O. The standard InChI is InChI=1S/C38H78O/c1-3-5-7-9-11-13-15-17-19-21-22-24-26-28-30-32-34-36-38-39-37-35-33-31-29-27-25-23-20-18-16-14-12-10-8-6-4-2/h3-38H2,1-2H3. The molecule has 0 aliphatic heterocycles. The SMILES string of the molecule is CCCCCCCCCCCCCCCCCCCCOCCCCCCCCCCCCCCCCCC. The highest BCUT2D eigenvalue weighted by Gasteiger charge is 1.97. The monoisotopic (exact) mass is 551 g/mol. The van der Waals surface area contributed by atoms with E-state index in [2.05, 4.69) is 13.8 Å². The Morgan fingerprint density at radius 1 is 0.205 bits per heavy atom. The zero-order valence-corrected chi connectivity index (χ0v) is 27.9. The molecule has 0 aromatic heterocycles. The molecule has 0 unspecified atom stereocenters. The van der Waals surface area contributed by atoms with Gasteiger partial charge in [-0.15, -0.1) is 0 Å². The van der Waals surface area contributed by atoms with Crippen molar-refractivity contribution in [2.45, 2.75) is 232 Å². The van der Waals surface area contributed by atoms with Crippen molar-refractivity contribution in [1.82, 2.24) is 0 Å². The number of rotatable bonds is 36. The third kappa shape index (κ3) is 38.0. The van der Waals surface area contributed by atoms with Gasteiger partial charge in [-0.2, -0.15) is 0 Å². The van der Waals surface area contributed by atoms with Gasteiger partial charge in [0.1, 0.15) is 0 Å². The minimum absolute atomic E-state index is 0.997. The van der Waals surface area contributed by atoms with E-state index in [4.69, 9.17) is 4.74 Å². The van der Waals surface area contributed by atoms with Crippen molar-refractivity contribution in [3.63, 3.8) is 0 Å². The zero-order chi connectivity index (χ0) is 28.2. The largest absolute Gasteiger partial charge is 0.381 e. The van der Waals surface area contributed by atoms with Crippen LogP contribution in [0.3, 0.4) is 0 Å². The average molecular weight is 551 g/mol. The molecule has 1 heteroatoms. The number of hydrogen-bond acceptors (Lipinski definition) is 1. The highest BCUT2D eigenvalue weighted by molar-refractivity contribution is 4.52. The minimum Gasteiger partial charge on any atom is -0.381 e. The van der Waals surface area contributed by atoms with Gasteiger partial charge >= 0.3 is 0 Å². The first-order chi connectivity index (χ1) is 19.4.